The van der Waals surface area contributed by atoms with Gasteiger partial charge in [-0.3, -0.25) is 0 Å². The zero-order valence-corrected chi connectivity index (χ0v) is 11.4. The van der Waals surface area contributed by atoms with E-state index in [4.69, 9.17) is 10.5 Å². The predicted molar refractivity (Wildman–Crippen MR) is 72.1 cm³/mol. The zero-order chi connectivity index (χ0) is 12.8. The van der Waals surface area contributed by atoms with Crippen molar-refractivity contribution < 1.29 is 4.74 Å². The van der Waals surface area contributed by atoms with Gasteiger partial charge in [-0.15, -0.1) is 0 Å². The van der Waals surface area contributed by atoms with Crippen molar-refractivity contribution in [2.45, 2.75) is 26.9 Å². The van der Waals surface area contributed by atoms with E-state index in [-0.39, 0.29) is 0 Å². The highest BCUT2D eigenvalue weighted by Gasteiger charge is 2.06. The summed E-state index contributed by atoms with van der Waals surface area (Å²) >= 11 is 0. The van der Waals surface area contributed by atoms with Crippen molar-refractivity contribution in [1.29, 1.82) is 0 Å². The fourth-order valence-corrected chi connectivity index (χ4v) is 2.06. The van der Waals surface area contributed by atoms with Crippen LogP contribution in [0.4, 0.5) is 0 Å². The van der Waals surface area contributed by atoms with Crippen LogP contribution in [0.5, 0.6) is 5.75 Å². The molecule has 0 aliphatic heterocycles. The minimum Gasteiger partial charge on any atom is -0.496 e. The van der Waals surface area contributed by atoms with Crippen LogP contribution in [0.25, 0.3) is 0 Å². The first-order valence-corrected chi connectivity index (χ1v) is 6.11. The summed E-state index contributed by atoms with van der Waals surface area (Å²) in [7, 11) is 3.83. The van der Waals surface area contributed by atoms with E-state index in [2.05, 4.69) is 44.0 Å². The Hall–Kier alpha value is -1.06. The second kappa shape index (κ2) is 6.62. The van der Waals surface area contributed by atoms with E-state index in [1.54, 1.807) is 7.11 Å². The quantitative estimate of drug-likeness (QED) is 0.823. The van der Waals surface area contributed by atoms with Gasteiger partial charge in [-0.25, -0.2) is 0 Å². The van der Waals surface area contributed by atoms with Gasteiger partial charge in [-0.05, 0) is 24.6 Å². The molecule has 1 aromatic carbocycles. The molecule has 0 aliphatic carbocycles. The molecule has 2 N–H and O–H groups in total. The third-order valence-corrected chi connectivity index (χ3v) is 2.70. The number of nitrogens with two attached hydrogens (primary N) is 1. The molecule has 3 nitrogen and oxygen atoms in total. The monoisotopic (exact) mass is 236 g/mol. The number of ether oxygens (including phenoxy) is 1. The molecular formula is C14H24N2O. The minimum atomic E-state index is 0.519. The molecule has 1 aromatic rings. The van der Waals surface area contributed by atoms with E-state index < -0.39 is 0 Å². The molecule has 0 aliphatic rings. The van der Waals surface area contributed by atoms with Crippen molar-refractivity contribution in [1.82, 2.24) is 4.90 Å². The summed E-state index contributed by atoms with van der Waals surface area (Å²) in [6, 6.07) is 6.26. The molecule has 96 valence electrons. The van der Waals surface area contributed by atoms with Crippen LogP contribution in [-0.4, -0.2) is 25.6 Å². The smallest absolute Gasteiger partial charge is 0.123 e. The first-order chi connectivity index (χ1) is 8.06. The van der Waals surface area contributed by atoms with Gasteiger partial charge >= 0.3 is 0 Å². The molecule has 3 heteroatoms. The van der Waals surface area contributed by atoms with Crippen LogP contribution in [0, 0.1) is 5.92 Å². The number of nitrogens with zero attached hydrogens (tertiary/aromatic N) is 1. The van der Waals surface area contributed by atoms with E-state index in [0.717, 1.165) is 24.4 Å². The van der Waals surface area contributed by atoms with Gasteiger partial charge in [0.2, 0.25) is 0 Å². The minimum absolute atomic E-state index is 0.519. The Morgan fingerprint density at radius 3 is 2.59 bits per heavy atom. The van der Waals surface area contributed by atoms with Crippen LogP contribution >= 0.6 is 0 Å². The lowest BCUT2D eigenvalue weighted by Crippen LogP contribution is -2.22. The molecule has 0 bridgehead atoms. The second-order valence-corrected chi connectivity index (χ2v) is 4.94. The van der Waals surface area contributed by atoms with Gasteiger partial charge < -0.3 is 15.4 Å². The highest BCUT2D eigenvalue weighted by molar-refractivity contribution is 5.37. The Balaban J connectivity index is 2.72. The summed E-state index contributed by atoms with van der Waals surface area (Å²) in [5.41, 5.74) is 7.98. The van der Waals surface area contributed by atoms with Gasteiger partial charge in [-0.1, -0.05) is 26.0 Å². The molecule has 0 fully saturated rings. The number of hydrogen-bond acceptors (Lipinski definition) is 3. The van der Waals surface area contributed by atoms with E-state index in [0.29, 0.717) is 12.5 Å². The Kier molecular flexibility index (Phi) is 5.45. The van der Waals surface area contributed by atoms with Crippen LogP contribution in [0.15, 0.2) is 18.2 Å². The molecule has 0 spiro atoms. The van der Waals surface area contributed by atoms with E-state index in [1.165, 1.54) is 5.56 Å². The van der Waals surface area contributed by atoms with Crippen molar-refractivity contribution in [2.75, 3.05) is 20.7 Å². The van der Waals surface area contributed by atoms with Gasteiger partial charge in [0.05, 0.1) is 7.11 Å². The maximum Gasteiger partial charge on any atom is 0.123 e. The molecule has 17 heavy (non-hydrogen) atoms. The molecule has 0 saturated heterocycles. The normalized spacial score (nSPS) is 11.2. The lowest BCUT2D eigenvalue weighted by Gasteiger charge is -2.19. The van der Waals surface area contributed by atoms with Crippen LogP contribution in [-0.2, 0) is 13.1 Å². The van der Waals surface area contributed by atoms with Gasteiger partial charge in [0.15, 0.2) is 0 Å². The molecule has 0 unspecified atom stereocenters. The fourth-order valence-electron chi connectivity index (χ4n) is 2.06. The zero-order valence-electron chi connectivity index (χ0n) is 11.4. The van der Waals surface area contributed by atoms with Gasteiger partial charge in [-0.2, -0.15) is 0 Å². The summed E-state index contributed by atoms with van der Waals surface area (Å²) in [5, 5.41) is 0. The van der Waals surface area contributed by atoms with Gasteiger partial charge in [0, 0.05) is 25.2 Å². The highest BCUT2D eigenvalue weighted by Crippen LogP contribution is 2.20. The summed E-state index contributed by atoms with van der Waals surface area (Å²) in [6.07, 6.45) is 0. The van der Waals surface area contributed by atoms with Crippen molar-refractivity contribution in [3.05, 3.63) is 29.3 Å². The largest absolute Gasteiger partial charge is 0.496 e. The van der Waals surface area contributed by atoms with Gasteiger partial charge in [0.25, 0.3) is 0 Å². The maximum absolute atomic E-state index is 5.65. The van der Waals surface area contributed by atoms with E-state index in [1.807, 2.05) is 0 Å². The molecule has 0 aromatic heterocycles. The molecule has 1 rings (SSSR count). The Morgan fingerprint density at radius 2 is 2.06 bits per heavy atom. The van der Waals surface area contributed by atoms with Crippen LogP contribution in [0.2, 0.25) is 0 Å². The van der Waals surface area contributed by atoms with E-state index >= 15 is 0 Å². The van der Waals surface area contributed by atoms with Crippen molar-refractivity contribution >= 4 is 0 Å². The summed E-state index contributed by atoms with van der Waals surface area (Å²) in [5.74, 6) is 1.58. The Bertz CT molecular complexity index is 350. The fraction of sp³-hybridized carbons (Fsp3) is 0.571. The standard InChI is InChI=1S/C14H24N2O/c1-11(2)9-16(3)10-12-5-6-13(8-15)14(7-12)17-4/h5-7,11H,8-10,15H2,1-4H3. The summed E-state index contributed by atoms with van der Waals surface area (Å²) < 4.78 is 5.34. The maximum atomic E-state index is 5.65. The molecular weight excluding hydrogens is 212 g/mol. The third-order valence-electron chi connectivity index (χ3n) is 2.70. The molecule has 0 heterocycles. The third kappa shape index (κ3) is 4.36. The molecule has 0 atom stereocenters. The highest BCUT2D eigenvalue weighted by atomic mass is 16.5. The Labute approximate surface area is 105 Å². The molecule has 0 amide bonds. The van der Waals surface area contributed by atoms with Crippen LogP contribution in [0.3, 0.4) is 0 Å². The van der Waals surface area contributed by atoms with Crippen molar-refractivity contribution in [3.63, 3.8) is 0 Å². The predicted octanol–water partition coefficient (Wildman–Crippen LogP) is 2.24. The molecule has 0 radical (unpaired) electrons. The second-order valence-electron chi connectivity index (χ2n) is 4.94. The first-order valence-electron chi connectivity index (χ1n) is 6.11. The number of rotatable bonds is 6. The SMILES string of the molecule is COc1cc(CN(C)CC(C)C)ccc1CN. The van der Waals surface area contributed by atoms with Crippen LogP contribution < -0.4 is 10.5 Å². The van der Waals surface area contributed by atoms with Crippen molar-refractivity contribution in [2.24, 2.45) is 11.7 Å². The lowest BCUT2D eigenvalue weighted by molar-refractivity contribution is 0.288. The average molecular weight is 236 g/mol. The summed E-state index contributed by atoms with van der Waals surface area (Å²) in [6.45, 7) is 7.02. The first kappa shape index (κ1) is 14.0. The number of hydrogen-bond donors (Lipinski definition) is 1. The summed E-state index contributed by atoms with van der Waals surface area (Å²) in [4.78, 5) is 2.32. The van der Waals surface area contributed by atoms with E-state index in [9.17, 15) is 0 Å². The average Bonchev–Trinajstić information content (AvgIpc) is 2.27. The van der Waals surface area contributed by atoms with Gasteiger partial charge in [0.1, 0.15) is 5.75 Å². The van der Waals surface area contributed by atoms with Crippen LogP contribution in [0.1, 0.15) is 25.0 Å². The lowest BCUT2D eigenvalue weighted by atomic mass is 10.1. The number of methoxy groups -OCH3 is 1. The molecule has 0 saturated carbocycles. The topological polar surface area (TPSA) is 38.5 Å². The number of benzene rings is 1. The van der Waals surface area contributed by atoms with Crippen molar-refractivity contribution in [3.8, 4) is 5.75 Å². The Morgan fingerprint density at radius 1 is 1.35 bits per heavy atom.